The van der Waals surface area contributed by atoms with E-state index in [2.05, 4.69) is 24.3 Å². The average molecular weight is 296 g/mol. The SMILES string of the molecule is CCC(C)n1ccc(CNCc2ccc(F)c(Cl)c2)n1. The smallest absolute Gasteiger partial charge is 0.141 e. The van der Waals surface area contributed by atoms with Crippen molar-refractivity contribution < 1.29 is 4.39 Å². The highest BCUT2D eigenvalue weighted by atomic mass is 35.5. The average Bonchev–Trinajstić information content (AvgIpc) is 2.91. The molecule has 0 amide bonds. The zero-order valence-electron chi connectivity index (χ0n) is 11.7. The van der Waals surface area contributed by atoms with Crippen molar-refractivity contribution in [2.24, 2.45) is 0 Å². The first-order chi connectivity index (χ1) is 9.60. The Labute approximate surface area is 123 Å². The minimum absolute atomic E-state index is 0.158. The van der Waals surface area contributed by atoms with E-state index in [1.54, 1.807) is 12.1 Å². The quantitative estimate of drug-likeness (QED) is 0.875. The van der Waals surface area contributed by atoms with E-state index in [1.165, 1.54) is 6.07 Å². The van der Waals surface area contributed by atoms with Gasteiger partial charge in [0.1, 0.15) is 5.82 Å². The summed E-state index contributed by atoms with van der Waals surface area (Å²) in [5, 5.41) is 7.95. The van der Waals surface area contributed by atoms with E-state index in [9.17, 15) is 4.39 Å². The van der Waals surface area contributed by atoms with Gasteiger partial charge in [0.2, 0.25) is 0 Å². The highest BCUT2D eigenvalue weighted by Crippen LogP contribution is 2.16. The van der Waals surface area contributed by atoms with Gasteiger partial charge in [-0.25, -0.2) is 4.39 Å². The highest BCUT2D eigenvalue weighted by molar-refractivity contribution is 6.30. The van der Waals surface area contributed by atoms with Crippen LogP contribution in [0, 0.1) is 5.82 Å². The minimum atomic E-state index is -0.386. The van der Waals surface area contributed by atoms with Crippen LogP contribution in [0.3, 0.4) is 0 Å². The Hall–Kier alpha value is -1.39. The van der Waals surface area contributed by atoms with Gasteiger partial charge in [-0.1, -0.05) is 24.6 Å². The molecule has 2 rings (SSSR count). The van der Waals surface area contributed by atoms with Gasteiger partial charge in [0.25, 0.3) is 0 Å². The Morgan fingerprint density at radius 3 is 2.85 bits per heavy atom. The zero-order chi connectivity index (χ0) is 14.5. The number of hydrogen-bond acceptors (Lipinski definition) is 2. The van der Waals surface area contributed by atoms with Gasteiger partial charge in [0.15, 0.2) is 0 Å². The second-order valence-electron chi connectivity index (χ2n) is 4.90. The number of hydrogen-bond donors (Lipinski definition) is 1. The molecule has 1 aromatic heterocycles. The fourth-order valence-electron chi connectivity index (χ4n) is 1.89. The van der Waals surface area contributed by atoms with Crippen LogP contribution in [-0.4, -0.2) is 9.78 Å². The molecule has 0 saturated heterocycles. The van der Waals surface area contributed by atoms with Crippen molar-refractivity contribution in [3.63, 3.8) is 0 Å². The Morgan fingerprint density at radius 2 is 2.15 bits per heavy atom. The molecule has 20 heavy (non-hydrogen) atoms. The van der Waals surface area contributed by atoms with Gasteiger partial charge in [-0.3, -0.25) is 4.68 Å². The first-order valence-corrected chi connectivity index (χ1v) is 7.16. The number of nitrogens with zero attached hydrogens (tertiary/aromatic N) is 2. The second-order valence-corrected chi connectivity index (χ2v) is 5.30. The van der Waals surface area contributed by atoms with Crippen LogP contribution in [0.1, 0.15) is 37.6 Å². The van der Waals surface area contributed by atoms with E-state index in [0.717, 1.165) is 17.7 Å². The lowest BCUT2D eigenvalue weighted by Gasteiger charge is -2.08. The first kappa shape index (κ1) is 15.0. The lowest BCUT2D eigenvalue weighted by Crippen LogP contribution is -2.14. The maximum Gasteiger partial charge on any atom is 0.141 e. The summed E-state index contributed by atoms with van der Waals surface area (Å²) in [7, 11) is 0. The van der Waals surface area contributed by atoms with E-state index < -0.39 is 0 Å². The van der Waals surface area contributed by atoms with Gasteiger partial charge in [0.05, 0.1) is 10.7 Å². The lowest BCUT2D eigenvalue weighted by molar-refractivity contribution is 0.471. The standard InChI is InChI=1S/C15H19ClFN3/c1-3-11(2)20-7-6-13(19-20)10-18-9-12-4-5-15(17)14(16)8-12/h4-8,11,18H,3,9-10H2,1-2H3. The molecule has 0 saturated carbocycles. The molecule has 2 aromatic rings. The summed E-state index contributed by atoms with van der Waals surface area (Å²) in [6.45, 7) is 5.60. The molecular weight excluding hydrogens is 277 g/mol. The van der Waals surface area contributed by atoms with Crippen molar-refractivity contribution in [1.82, 2.24) is 15.1 Å². The summed E-state index contributed by atoms with van der Waals surface area (Å²) in [6, 6.07) is 7.18. The van der Waals surface area contributed by atoms with Crippen LogP contribution in [0.25, 0.3) is 0 Å². The van der Waals surface area contributed by atoms with E-state index >= 15 is 0 Å². The number of rotatable bonds is 6. The summed E-state index contributed by atoms with van der Waals surface area (Å²) < 4.78 is 15.0. The summed E-state index contributed by atoms with van der Waals surface area (Å²) in [5.41, 5.74) is 1.95. The predicted octanol–water partition coefficient (Wildman–Crippen LogP) is 3.94. The molecule has 0 aliphatic heterocycles. The van der Waals surface area contributed by atoms with Crippen molar-refractivity contribution in [2.45, 2.75) is 39.4 Å². The van der Waals surface area contributed by atoms with Crippen LogP contribution in [0.4, 0.5) is 4.39 Å². The molecule has 0 spiro atoms. The number of halogens is 2. The third kappa shape index (κ3) is 3.81. The molecule has 3 nitrogen and oxygen atoms in total. The van der Waals surface area contributed by atoms with E-state index in [1.807, 2.05) is 16.9 Å². The molecule has 0 bridgehead atoms. The normalized spacial score (nSPS) is 12.6. The topological polar surface area (TPSA) is 29.9 Å². The lowest BCUT2D eigenvalue weighted by atomic mass is 10.2. The second kappa shape index (κ2) is 6.86. The van der Waals surface area contributed by atoms with Crippen LogP contribution in [0.15, 0.2) is 30.5 Å². The molecule has 1 heterocycles. The molecule has 1 N–H and O–H groups in total. The fourth-order valence-corrected chi connectivity index (χ4v) is 2.09. The summed E-state index contributed by atoms with van der Waals surface area (Å²) >= 11 is 5.75. The maximum absolute atomic E-state index is 13.0. The van der Waals surface area contributed by atoms with Gasteiger partial charge in [0, 0.05) is 25.3 Å². The van der Waals surface area contributed by atoms with E-state index in [0.29, 0.717) is 19.1 Å². The monoisotopic (exact) mass is 295 g/mol. The molecule has 1 unspecified atom stereocenters. The third-order valence-corrected chi connectivity index (χ3v) is 3.61. The molecule has 5 heteroatoms. The molecule has 0 aliphatic carbocycles. The number of aromatic nitrogens is 2. The van der Waals surface area contributed by atoms with E-state index in [-0.39, 0.29) is 10.8 Å². The first-order valence-electron chi connectivity index (χ1n) is 6.78. The summed E-state index contributed by atoms with van der Waals surface area (Å²) in [5.74, 6) is -0.386. The van der Waals surface area contributed by atoms with E-state index in [4.69, 9.17) is 11.6 Å². The largest absolute Gasteiger partial charge is 0.307 e. The highest BCUT2D eigenvalue weighted by Gasteiger charge is 2.05. The van der Waals surface area contributed by atoms with Crippen molar-refractivity contribution in [1.29, 1.82) is 0 Å². The summed E-state index contributed by atoms with van der Waals surface area (Å²) in [6.07, 6.45) is 3.06. The fraction of sp³-hybridized carbons (Fsp3) is 0.400. The number of benzene rings is 1. The Balaban J connectivity index is 1.86. The molecular formula is C15H19ClFN3. The van der Waals surface area contributed by atoms with Gasteiger partial charge in [-0.05, 0) is 37.1 Å². The zero-order valence-corrected chi connectivity index (χ0v) is 12.5. The van der Waals surface area contributed by atoms with Crippen molar-refractivity contribution in [3.05, 3.63) is 52.6 Å². The molecule has 1 atom stereocenters. The maximum atomic E-state index is 13.0. The van der Waals surface area contributed by atoms with Gasteiger partial charge in [-0.2, -0.15) is 5.10 Å². The van der Waals surface area contributed by atoms with Crippen LogP contribution in [0.5, 0.6) is 0 Å². The van der Waals surface area contributed by atoms with Crippen molar-refractivity contribution >= 4 is 11.6 Å². The van der Waals surface area contributed by atoms with Crippen molar-refractivity contribution in [2.75, 3.05) is 0 Å². The predicted molar refractivity (Wildman–Crippen MR) is 79.2 cm³/mol. The molecule has 0 aliphatic rings. The van der Waals surface area contributed by atoms with Crippen LogP contribution in [0.2, 0.25) is 5.02 Å². The Kier molecular flexibility index (Phi) is 5.15. The van der Waals surface area contributed by atoms with Crippen LogP contribution >= 0.6 is 11.6 Å². The Morgan fingerprint density at radius 1 is 1.35 bits per heavy atom. The number of nitrogens with one attached hydrogen (secondary N) is 1. The van der Waals surface area contributed by atoms with Crippen LogP contribution < -0.4 is 5.32 Å². The third-order valence-electron chi connectivity index (χ3n) is 3.33. The van der Waals surface area contributed by atoms with Gasteiger partial charge in [-0.15, -0.1) is 0 Å². The van der Waals surface area contributed by atoms with Crippen molar-refractivity contribution in [3.8, 4) is 0 Å². The van der Waals surface area contributed by atoms with Crippen LogP contribution in [-0.2, 0) is 13.1 Å². The van der Waals surface area contributed by atoms with Gasteiger partial charge >= 0.3 is 0 Å². The Bertz CT molecular complexity index is 568. The molecule has 108 valence electrons. The molecule has 0 radical (unpaired) electrons. The summed E-state index contributed by atoms with van der Waals surface area (Å²) in [4.78, 5) is 0. The van der Waals surface area contributed by atoms with Gasteiger partial charge < -0.3 is 5.32 Å². The minimum Gasteiger partial charge on any atom is -0.307 e. The molecule has 1 aromatic carbocycles. The molecule has 0 fully saturated rings.